The second-order valence-electron chi connectivity index (χ2n) is 40.6. The van der Waals surface area contributed by atoms with Crippen LogP contribution in [0.5, 0.6) is 23.5 Å². The van der Waals surface area contributed by atoms with Gasteiger partial charge in [-0.1, -0.05) is 398 Å². The number of ether oxygens (including phenoxy) is 2. The zero-order valence-electron chi connectivity index (χ0n) is 83.7. The van der Waals surface area contributed by atoms with Gasteiger partial charge < -0.3 is 23.2 Å². The standard InChI is InChI=1S/C49H35N3O.C45H35N3O.C43H31N3S/c1-49(2)42-22-11-9-20-38(42)40-29-41-39-21-10-12-23-46(39)52(47(41)30-43(40)49)36-19-13-18-35(28-36)32-24-26-37(27-25-32)53-48-50-44(33-14-5-3-6-15-33)31-45(51-48)34-16-7-4-8-17-34;1-28-16-20-30(21-17-28)40-27-41(31-22-18-29(2)19-23-31)47-44(46-40)49-33-11-9-10-32(24-33)48-42-15-8-6-13-35(42)37-25-36-34-12-5-7-14-38(34)45(3,4)39(36)26-43(37)48;1-43(2)36-22-11-9-20-32(36)34-24-25-35-33-21-10-12-23-39(33)46(41(35)40(34)43)30-18-13-19-31(26-30)47-42-44-37(28-14-5-3-6-15-28)27-38(45-42)29-16-7-4-8-17-29/h3-31H,1-2H3;5-27H,1-4H3;3-27H,1-2H3. The predicted molar refractivity (Wildman–Crippen MR) is 613 cm³/mol. The lowest BCUT2D eigenvalue weighted by Gasteiger charge is -2.23. The number of hydrogen-bond acceptors (Lipinski definition) is 9. The highest BCUT2D eigenvalue weighted by molar-refractivity contribution is 7.99. The van der Waals surface area contributed by atoms with E-state index >= 15 is 0 Å². The van der Waals surface area contributed by atoms with Crippen LogP contribution in [0.3, 0.4) is 0 Å². The molecule has 0 atom stereocenters. The number of fused-ring (bicyclic) bond motifs is 19. The van der Waals surface area contributed by atoms with Gasteiger partial charge in [-0.05, 0) is 219 Å². The van der Waals surface area contributed by atoms with Crippen molar-refractivity contribution in [3.63, 3.8) is 0 Å². The van der Waals surface area contributed by atoms with E-state index in [0.29, 0.717) is 23.5 Å². The quantitative estimate of drug-likeness (QED) is 0.0873. The van der Waals surface area contributed by atoms with Gasteiger partial charge in [-0.25, -0.2) is 9.97 Å². The Balaban J connectivity index is 0.000000113. The van der Waals surface area contributed by atoms with Crippen LogP contribution >= 0.6 is 11.8 Å². The molecule has 712 valence electrons. The maximum atomic E-state index is 6.53. The Labute approximate surface area is 869 Å². The minimum Gasteiger partial charge on any atom is -0.424 e. The van der Waals surface area contributed by atoms with Crippen molar-refractivity contribution < 1.29 is 9.47 Å². The Morgan fingerprint density at radius 3 is 1.04 bits per heavy atom. The van der Waals surface area contributed by atoms with E-state index < -0.39 is 0 Å². The third kappa shape index (κ3) is 16.3. The Hall–Kier alpha value is -18.2. The van der Waals surface area contributed by atoms with Gasteiger partial charge in [0.15, 0.2) is 5.16 Å². The van der Waals surface area contributed by atoms with Crippen molar-refractivity contribution >= 4 is 77.2 Å². The molecule has 3 aliphatic rings. The average molecular weight is 1940 g/mol. The topological polar surface area (TPSA) is 111 Å². The fraction of sp³-hybridized carbons (Fsp3) is 0.0803. The van der Waals surface area contributed by atoms with Crippen molar-refractivity contribution in [3.05, 3.63) is 512 Å². The number of para-hydroxylation sites is 3. The summed E-state index contributed by atoms with van der Waals surface area (Å²) in [6.07, 6.45) is 0. The van der Waals surface area contributed by atoms with Gasteiger partial charge in [-0.15, -0.1) is 0 Å². The number of aryl methyl sites for hydroxylation is 2. The van der Waals surface area contributed by atoms with Crippen LogP contribution in [-0.2, 0) is 16.2 Å². The number of hydrogen-bond donors (Lipinski definition) is 0. The minimum atomic E-state index is -0.135. The predicted octanol–water partition coefficient (Wildman–Crippen LogP) is 35.7. The van der Waals surface area contributed by atoms with Crippen molar-refractivity contribution in [2.75, 3.05) is 0 Å². The molecular formula is C137H101N9O2S. The molecule has 0 aliphatic heterocycles. The molecule has 11 nitrogen and oxygen atoms in total. The molecule has 6 aromatic heterocycles. The van der Waals surface area contributed by atoms with Crippen LogP contribution in [0.2, 0.25) is 0 Å². The van der Waals surface area contributed by atoms with E-state index in [1.165, 1.54) is 138 Å². The third-order valence-corrected chi connectivity index (χ3v) is 31.1. The molecule has 19 aromatic carbocycles. The average Bonchev–Trinajstić information content (AvgIpc) is 1.53. The van der Waals surface area contributed by atoms with Crippen LogP contribution in [-0.4, -0.2) is 43.6 Å². The Morgan fingerprint density at radius 1 is 0.215 bits per heavy atom. The molecule has 12 heteroatoms. The lowest BCUT2D eigenvalue weighted by molar-refractivity contribution is 0.443. The van der Waals surface area contributed by atoms with Crippen LogP contribution in [0.4, 0.5) is 0 Å². The lowest BCUT2D eigenvalue weighted by Crippen LogP contribution is -2.16. The van der Waals surface area contributed by atoms with Gasteiger partial charge in [-0.2, -0.15) is 19.9 Å². The maximum Gasteiger partial charge on any atom is 0.323 e. The van der Waals surface area contributed by atoms with Gasteiger partial charge >= 0.3 is 12.0 Å². The van der Waals surface area contributed by atoms with Crippen molar-refractivity contribution in [1.82, 2.24) is 43.6 Å². The summed E-state index contributed by atoms with van der Waals surface area (Å²) in [6.45, 7) is 18.3. The molecule has 28 rings (SSSR count). The fourth-order valence-electron chi connectivity index (χ4n) is 22.9. The summed E-state index contributed by atoms with van der Waals surface area (Å²) in [5.74, 6) is 1.35. The number of rotatable bonds is 16. The summed E-state index contributed by atoms with van der Waals surface area (Å²) in [5.41, 5.74) is 42.4. The molecule has 0 saturated carbocycles. The molecule has 0 bridgehead atoms. The monoisotopic (exact) mass is 1940 g/mol. The van der Waals surface area contributed by atoms with E-state index in [0.717, 1.165) is 111 Å². The van der Waals surface area contributed by atoms with Gasteiger partial charge in [0.1, 0.15) is 11.5 Å². The number of nitrogens with zero attached hydrogens (tertiary/aromatic N) is 9. The van der Waals surface area contributed by atoms with Gasteiger partial charge in [0.25, 0.3) is 0 Å². The summed E-state index contributed by atoms with van der Waals surface area (Å²) in [5, 5.41) is 8.27. The number of aromatic nitrogens is 9. The molecule has 0 saturated heterocycles. The molecule has 0 radical (unpaired) electrons. The second kappa shape index (κ2) is 36.8. The third-order valence-electron chi connectivity index (χ3n) is 30.3. The molecule has 3 aliphatic carbocycles. The first-order valence-electron chi connectivity index (χ1n) is 50.9. The van der Waals surface area contributed by atoms with E-state index in [4.69, 9.17) is 39.4 Å². The molecule has 0 spiro atoms. The molecule has 0 amide bonds. The second-order valence-corrected chi connectivity index (χ2v) is 41.7. The fourth-order valence-corrected chi connectivity index (χ4v) is 23.7. The summed E-state index contributed by atoms with van der Waals surface area (Å²) in [6, 6.07) is 166. The van der Waals surface area contributed by atoms with Crippen molar-refractivity contribution in [2.24, 2.45) is 0 Å². The highest BCUT2D eigenvalue weighted by Gasteiger charge is 2.41. The van der Waals surface area contributed by atoms with E-state index in [1.54, 1.807) is 11.8 Å². The first-order valence-corrected chi connectivity index (χ1v) is 51.7. The molecular weight excluding hydrogens is 1840 g/mol. The van der Waals surface area contributed by atoms with Crippen LogP contribution in [0.25, 0.3) is 195 Å². The maximum absolute atomic E-state index is 6.53. The Kier molecular flexibility index (Phi) is 22.4. The van der Waals surface area contributed by atoms with Gasteiger partial charge in [0.05, 0.1) is 67.3 Å². The van der Waals surface area contributed by atoms with Crippen molar-refractivity contribution in [2.45, 2.75) is 81.7 Å². The summed E-state index contributed by atoms with van der Waals surface area (Å²) in [7, 11) is 0. The lowest BCUT2D eigenvalue weighted by atomic mass is 9.81. The molecule has 25 aromatic rings. The van der Waals surface area contributed by atoms with Crippen LogP contribution in [0, 0.1) is 13.8 Å². The van der Waals surface area contributed by atoms with E-state index in [9.17, 15) is 0 Å². The van der Waals surface area contributed by atoms with Crippen LogP contribution < -0.4 is 9.47 Å². The van der Waals surface area contributed by atoms with Crippen LogP contribution in [0.1, 0.15) is 86.1 Å². The first kappa shape index (κ1) is 90.8. The van der Waals surface area contributed by atoms with Crippen molar-refractivity contribution in [1.29, 1.82) is 0 Å². The molecule has 0 unspecified atom stereocenters. The highest BCUT2D eigenvalue weighted by atomic mass is 32.2. The van der Waals surface area contributed by atoms with Crippen molar-refractivity contribution in [3.8, 4) is 153 Å². The zero-order valence-corrected chi connectivity index (χ0v) is 84.5. The van der Waals surface area contributed by atoms with E-state index in [2.05, 4.69) is 451 Å². The summed E-state index contributed by atoms with van der Waals surface area (Å²) < 4.78 is 20.1. The van der Waals surface area contributed by atoms with E-state index in [1.807, 2.05) is 84.9 Å². The molecule has 0 N–H and O–H groups in total. The molecule has 6 heterocycles. The minimum absolute atomic E-state index is 0.0793. The summed E-state index contributed by atoms with van der Waals surface area (Å²) >= 11 is 1.61. The zero-order chi connectivity index (χ0) is 100. The Morgan fingerprint density at radius 2 is 0.570 bits per heavy atom. The SMILES string of the molecule is CC1(C)c2ccccc2-c2cc3c4ccccc4n(-c4cccc(-c5ccc(Oc6nc(-c7ccccc7)cc(-c7ccccc7)n6)cc5)c4)c3cc21.CC1(C)c2ccccc2-c2ccc3c4ccccc4n(-c4cccc(Sc5nc(-c6ccccc6)cc(-c6ccccc6)n5)c4)c3c21.Cc1ccc(-c2cc(-c3ccc(C)cc3)nc(Oc3cccc(-n4c5ccccc5c5cc6c(cc54)C(C)(C)c4ccccc4-6)c3)n2)cc1. The van der Waals surface area contributed by atoms with Gasteiger partial charge in [-0.3, -0.25) is 0 Å². The largest absolute Gasteiger partial charge is 0.424 e. The van der Waals surface area contributed by atoms with Crippen LogP contribution in [0.15, 0.2) is 477 Å². The van der Waals surface area contributed by atoms with E-state index in [-0.39, 0.29) is 16.2 Å². The number of benzene rings is 19. The molecule has 149 heavy (non-hydrogen) atoms. The summed E-state index contributed by atoms with van der Waals surface area (Å²) in [4.78, 5) is 30.6. The Bertz CT molecular complexity index is 9410. The normalized spacial score (nSPS) is 13.0. The van der Waals surface area contributed by atoms with Gasteiger partial charge in [0.2, 0.25) is 0 Å². The first-order chi connectivity index (χ1) is 72.9. The van der Waals surface area contributed by atoms with Gasteiger partial charge in [0, 0.05) is 110 Å². The molecule has 0 fully saturated rings. The smallest absolute Gasteiger partial charge is 0.323 e. The highest BCUT2D eigenvalue weighted by Crippen LogP contribution is 2.57.